The molecule has 2 rings (SSSR count). The Morgan fingerprint density at radius 3 is 2.68 bits per heavy atom. The molecule has 4 nitrogen and oxygen atoms in total. The molecule has 1 heterocycles. The van der Waals surface area contributed by atoms with Gasteiger partial charge in [-0.05, 0) is 30.7 Å². The molecular formula is C15H22N4. The second-order valence-corrected chi connectivity index (χ2v) is 4.76. The predicted octanol–water partition coefficient (Wildman–Crippen LogP) is 2.38. The Hall–Kier alpha value is -1.81. The van der Waals surface area contributed by atoms with Crippen molar-refractivity contribution >= 4 is 5.69 Å². The fourth-order valence-corrected chi connectivity index (χ4v) is 2.13. The molecule has 0 aliphatic rings. The Morgan fingerprint density at radius 2 is 2.05 bits per heavy atom. The maximum absolute atomic E-state index is 5.70. The highest BCUT2D eigenvalue weighted by atomic mass is 15.1. The van der Waals surface area contributed by atoms with E-state index in [2.05, 4.69) is 33.5 Å². The lowest BCUT2D eigenvalue weighted by Crippen LogP contribution is -2.24. The van der Waals surface area contributed by atoms with Crippen LogP contribution in [0.25, 0.3) is 0 Å². The molecule has 4 heteroatoms. The van der Waals surface area contributed by atoms with Crippen molar-refractivity contribution in [1.29, 1.82) is 0 Å². The van der Waals surface area contributed by atoms with Gasteiger partial charge in [0.2, 0.25) is 0 Å². The molecule has 0 radical (unpaired) electrons. The lowest BCUT2D eigenvalue weighted by molar-refractivity contribution is 0.270. The molecule has 0 unspecified atom stereocenters. The molecule has 19 heavy (non-hydrogen) atoms. The largest absolute Gasteiger partial charge is 0.399 e. The van der Waals surface area contributed by atoms with Crippen molar-refractivity contribution in [2.45, 2.75) is 26.4 Å². The van der Waals surface area contributed by atoms with Crippen LogP contribution in [-0.4, -0.2) is 27.5 Å². The van der Waals surface area contributed by atoms with Crippen LogP contribution < -0.4 is 5.73 Å². The van der Waals surface area contributed by atoms with Crippen LogP contribution in [0.4, 0.5) is 5.69 Å². The van der Waals surface area contributed by atoms with Crippen LogP contribution in [-0.2, 0) is 13.1 Å². The van der Waals surface area contributed by atoms with Crippen LogP contribution in [0.2, 0.25) is 0 Å². The van der Waals surface area contributed by atoms with Crippen LogP contribution in [0.1, 0.15) is 18.9 Å². The summed E-state index contributed by atoms with van der Waals surface area (Å²) in [6.45, 7) is 6.38. The van der Waals surface area contributed by atoms with Gasteiger partial charge in [0.15, 0.2) is 0 Å². The fraction of sp³-hybridized carbons (Fsp3) is 0.400. The number of nitrogens with two attached hydrogens (primary N) is 1. The summed E-state index contributed by atoms with van der Waals surface area (Å²) in [6, 6.07) is 8.14. The minimum absolute atomic E-state index is 0.826. The SMILES string of the molecule is CCN(CCCn1ccnc1)Cc1ccc(N)cc1. The van der Waals surface area contributed by atoms with Gasteiger partial charge in [0.05, 0.1) is 6.33 Å². The summed E-state index contributed by atoms with van der Waals surface area (Å²) < 4.78 is 2.12. The van der Waals surface area contributed by atoms with Crippen LogP contribution in [0, 0.1) is 0 Å². The molecular weight excluding hydrogens is 236 g/mol. The molecule has 0 aliphatic carbocycles. The van der Waals surface area contributed by atoms with Gasteiger partial charge >= 0.3 is 0 Å². The maximum atomic E-state index is 5.70. The lowest BCUT2D eigenvalue weighted by atomic mass is 10.2. The number of benzene rings is 1. The van der Waals surface area contributed by atoms with Gasteiger partial charge in [0, 0.05) is 37.7 Å². The minimum atomic E-state index is 0.826. The first-order valence-corrected chi connectivity index (χ1v) is 6.80. The molecule has 2 N–H and O–H groups in total. The average molecular weight is 258 g/mol. The first kappa shape index (κ1) is 13.6. The van der Waals surface area contributed by atoms with E-state index < -0.39 is 0 Å². The van der Waals surface area contributed by atoms with E-state index in [-0.39, 0.29) is 0 Å². The molecule has 0 atom stereocenters. The van der Waals surface area contributed by atoms with Crippen molar-refractivity contribution < 1.29 is 0 Å². The van der Waals surface area contributed by atoms with Gasteiger partial charge in [-0.3, -0.25) is 4.90 Å². The molecule has 1 aromatic heterocycles. The summed E-state index contributed by atoms with van der Waals surface area (Å²) in [5.74, 6) is 0. The Kier molecular flexibility index (Phi) is 4.98. The first-order valence-electron chi connectivity index (χ1n) is 6.80. The molecule has 102 valence electrons. The van der Waals surface area contributed by atoms with E-state index in [0.29, 0.717) is 0 Å². The predicted molar refractivity (Wildman–Crippen MR) is 78.6 cm³/mol. The average Bonchev–Trinajstić information content (AvgIpc) is 2.93. The summed E-state index contributed by atoms with van der Waals surface area (Å²) in [7, 11) is 0. The third kappa shape index (κ3) is 4.41. The zero-order chi connectivity index (χ0) is 13.5. The van der Waals surface area contributed by atoms with E-state index in [9.17, 15) is 0 Å². The number of rotatable bonds is 7. The van der Waals surface area contributed by atoms with Crippen LogP contribution >= 0.6 is 0 Å². The Labute approximate surface area is 114 Å². The zero-order valence-electron chi connectivity index (χ0n) is 11.5. The number of aryl methyl sites for hydroxylation is 1. The summed E-state index contributed by atoms with van der Waals surface area (Å²) in [4.78, 5) is 6.50. The van der Waals surface area contributed by atoms with Gasteiger partial charge < -0.3 is 10.3 Å². The summed E-state index contributed by atoms with van der Waals surface area (Å²) in [5.41, 5.74) is 7.85. The zero-order valence-corrected chi connectivity index (χ0v) is 11.5. The number of hydrogen-bond donors (Lipinski definition) is 1. The number of imidazole rings is 1. The quantitative estimate of drug-likeness (QED) is 0.776. The Bertz CT molecular complexity index is 461. The molecule has 0 saturated heterocycles. The van der Waals surface area contributed by atoms with E-state index >= 15 is 0 Å². The van der Waals surface area contributed by atoms with Crippen molar-refractivity contribution in [2.24, 2.45) is 0 Å². The molecule has 0 aliphatic heterocycles. The van der Waals surface area contributed by atoms with E-state index in [1.807, 2.05) is 30.9 Å². The molecule has 1 aromatic carbocycles. The molecule has 0 bridgehead atoms. The van der Waals surface area contributed by atoms with Gasteiger partial charge in [-0.2, -0.15) is 0 Å². The third-order valence-corrected chi connectivity index (χ3v) is 3.28. The standard InChI is InChI=1S/C15H22N4/c1-2-18(9-3-10-19-11-8-17-13-19)12-14-4-6-15(16)7-5-14/h4-8,11,13H,2-3,9-10,12,16H2,1H3. The second-order valence-electron chi connectivity index (χ2n) is 4.76. The number of nitrogen functional groups attached to an aromatic ring is 1. The second kappa shape index (κ2) is 6.95. The number of hydrogen-bond acceptors (Lipinski definition) is 3. The number of aromatic nitrogens is 2. The Morgan fingerprint density at radius 1 is 1.26 bits per heavy atom. The molecule has 0 amide bonds. The van der Waals surface area contributed by atoms with Gasteiger partial charge in [0.1, 0.15) is 0 Å². The van der Waals surface area contributed by atoms with Gasteiger partial charge in [-0.1, -0.05) is 19.1 Å². The van der Waals surface area contributed by atoms with Gasteiger partial charge in [0.25, 0.3) is 0 Å². The van der Waals surface area contributed by atoms with E-state index in [1.54, 1.807) is 0 Å². The number of nitrogens with zero attached hydrogens (tertiary/aromatic N) is 3. The smallest absolute Gasteiger partial charge is 0.0945 e. The van der Waals surface area contributed by atoms with Crippen LogP contribution in [0.15, 0.2) is 43.0 Å². The normalized spacial score (nSPS) is 11.1. The van der Waals surface area contributed by atoms with Crippen molar-refractivity contribution in [3.05, 3.63) is 48.5 Å². The van der Waals surface area contributed by atoms with E-state index in [1.165, 1.54) is 5.56 Å². The highest BCUT2D eigenvalue weighted by Gasteiger charge is 2.03. The van der Waals surface area contributed by atoms with Crippen LogP contribution in [0.5, 0.6) is 0 Å². The molecule has 0 spiro atoms. The monoisotopic (exact) mass is 258 g/mol. The van der Waals surface area contributed by atoms with Gasteiger partial charge in [-0.25, -0.2) is 4.98 Å². The highest BCUT2D eigenvalue weighted by molar-refractivity contribution is 5.39. The van der Waals surface area contributed by atoms with Crippen molar-refractivity contribution in [3.63, 3.8) is 0 Å². The van der Waals surface area contributed by atoms with Crippen molar-refractivity contribution in [3.8, 4) is 0 Å². The Balaban J connectivity index is 1.78. The van der Waals surface area contributed by atoms with E-state index in [0.717, 1.165) is 38.3 Å². The van der Waals surface area contributed by atoms with Crippen molar-refractivity contribution in [1.82, 2.24) is 14.5 Å². The van der Waals surface area contributed by atoms with Crippen LogP contribution in [0.3, 0.4) is 0 Å². The van der Waals surface area contributed by atoms with Crippen molar-refractivity contribution in [2.75, 3.05) is 18.8 Å². The molecule has 0 fully saturated rings. The van der Waals surface area contributed by atoms with Gasteiger partial charge in [-0.15, -0.1) is 0 Å². The minimum Gasteiger partial charge on any atom is -0.399 e. The summed E-state index contributed by atoms with van der Waals surface area (Å²) >= 11 is 0. The topological polar surface area (TPSA) is 47.1 Å². The summed E-state index contributed by atoms with van der Waals surface area (Å²) in [5, 5.41) is 0. The lowest BCUT2D eigenvalue weighted by Gasteiger charge is -2.20. The van der Waals surface area contributed by atoms with E-state index in [4.69, 9.17) is 5.73 Å². The fourth-order valence-electron chi connectivity index (χ4n) is 2.13. The number of anilines is 1. The first-order chi connectivity index (χ1) is 9.28. The molecule has 2 aromatic rings. The maximum Gasteiger partial charge on any atom is 0.0945 e. The highest BCUT2D eigenvalue weighted by Crippen LogP contribution is 2.09. The molecule has 0 saturated carbocycles. The third-order valence-electron chi connectivity index (χ3n) is 3.28. The summed E-state index contributed by atoms with van der Waals surface area (Å²) in [6.07, 6.45) is 6.84.